The molecule has 13 heteroatoms. The largest absolute Gasteiger partial charge is 0.493 e. The molecule has 0 saturated carbocycles. The lowest BCUT2D eigenvalue weighted by atomic mass is 9.96. The summed E-state index contributed by atoms with van der Waals surface area (Å²) in [5.41, 5.74) is 5.38. The fourth-order valence-corrected chi connectivity index (χ4v) is 6.60. The molecule has 1 saturated heterocycles. The number of amides is 3. The minimum Gasteiger partial charge on any atom is -0.493 e. The van der Waals surface area contributed by atoms with Crippen LogP contribution in [0.5, 0.6) is 5.75 Å². The summed E-state index contributed by atoms with van der Waals surface area (Å²) in [6.07, 6.45) is 6.34. The minimum absolute atomic E-state index is 0.0206. The molecule has 0 spiro atoms. The molecule has 3 atom stereocenters. The summed E-state index contributed by atoms with van der Waals surface area (Å²) in [7, 11) is 2.91. The number of rotatable bonds is 6. The van der Waals surface area contributed by atoms with Crippen molar-refractivity contribution in [1.29, 1.82) is 0 Å². The third-order valence-corrected chi connectivity index (χ3v) is 10.0. The van der Waals surface area contributed by atoms with E-state index in [1.165, 1.54) is 12.0 Å². The number of imidazole rings is 2. The molecule has 0 unspecified atom stereocenters. The van der Waals surface area contributed by atoms with Gasteiger partial charge in [0.05, 0.1) is 44.3 Å². The number of ether oxygens (including phenoxy) is 3. The van der Waals surface area contributed by atoms with Gasteiger partial charge in [-0.25, -0.2) is 14.8 Å². The number of aromatic nitrogens is 4. The van der Waals surface area contributed by atoms with Crippen LogP contribution >= 0.6 is 0 Å². The van der Waals surface area contributed by atoms with E-state index in [-0.39, 0.29) is 36.9 Å². The van der Waals surface area contributed by atoms with E-state index in [4.69, 9.17) is 24.2 Å². The summed E-state index contributed by atoms with van der Waals surface area (Å²) in [4.78, 5) is 58.0. The van der Waals surface area contributed by atoms with Crippen LogP contribution in [-0.2, 0) is 25.6 Å². The first kappa shape index (κ1) is 36.6. The maximum Gasteiger partial charge on any atom is 0.407 e. The highest BCUT2D eigenvalue weighted by atomic mass is 16.5. The highest BCUT2D eigenvalue weighted by Crippen LogP contribution is 2.36. The molecule has 2 aromatic carbocycles. The summed E-state index contributed by atoms with van der Waals surface area (Å²) in [6.45, 7) is 8.05. The zero-order chi connectivity index (χ0) is 36.8. The Kier molecular flexibility index (Phi) is 11.6. The average Bonchev–Trinajstić information content (AvgIpc) is 3.94. The first-order chi connectivity index (χ1) is 25.1. The number of hydrogen-bond donors (Lipinski definition) is 3. The minimum atomic E-state index is -0.890. The van der Waals surface area contributed by atoms with Gasteiger partial charge in [0.15, 0.2) is 0 Å². The maximum atomic E-state index is 13.2. The molecule has 0 radical (unpaired) electrons. The van der Waals surface area contributed by atoms with E-state index in [2.05, 4.69) is 53.4 Å². The van der Waals surface area contributed by atoms with E-state index < -0.39 is 12.1 Å². The molecule has 4 aromatic rings. The van der Waals surface area contributed by atoms with Crippen LogP contribution in [0.15, 0.2) is 54.9 Å². The average molecular weight is 712 g/mol. The van der Waals surface area contributed by atoms with Gasteiger partial charge in [0.2, 0.25) is 11.8 Å². The van der Waals surface area contributed by atoms with Crippen LogP contribution in [0.4, 0.5) is 4.79 Å². The van der Waals surface area contributed by atoms with Gasteiger partial charge < -0.3 is 39.3 Å². The van der Waals surface area contributed by atoms with E-state index in [9.17, 15) is 14.4 Å². The van der Waals surface area contributed by atoms with Crippen LogP contribution < -0.4 is 10.1 Å². The first-order valence-electron chi connectivity index (χ1n) is 18.1. The number of likely N-dealkylation sites (N-methyl/N-ethyl adjacent to an activating group) is 1. The number of H-pyrrole nitrogens is 2. The van der Waals surface area contributed by atoms with Gasteiger partial charge in [-0.1, -0.05) is 51.1 Å². The fourth-order valence-electron chi connectivity index (χ4n) is 6.60. The van der Waals surface area contributed by atoms with Crippen molar-refractivity contribution in [1.82, 2.24) is 35.1 Å². The molecule has 3 amide bonds. The third-order valence-electron chi connectivity index (χ3n) is 10.0. The van der Waals surface area contributed by atoms with Crippen LogP contribution in [0.3, 0.4) is 0 Å². The molecule has 6 rings (SSSR count). The normalized spacial score (nSPS) is 19.2. The van der Waals surface area contributed by atoms with E-state index in [1.807, 2.05) is 36.2 Å². The van der Waals surface area contributed by atoms with Crippen LogP contribution in [-0.4, -0.2) is 94.2 Å². The summed E-state index contributed by atoms with van der Waals surface area (Å²) in [5, 5.41) is 2.57. The lowest BCUT2D eigenvalue weighted by Crippen LogP contribution is -2.49. The fraction of sp³-hybridized carbons (Fsp3) is 0.462. The highest BCUT2D eigenvalue weighted by Gasteiger charge is 2.35. The second kappa shape index (κ2) is 16.4. The molecule has 52 heavy (non-hydrogen) atoms. The van der Waals surface area contributed by atoms with Crippen LogP contribution in [0.2, 0.25) is 0 Å². The molecule has 3 N–H and O–H groups in total. The Hall–Kier alpha value is -5.17. The van der Waals surface area contributed by atoms with Crippen molar-refractivity contribution in [3.05, 3.63) is 66.5 Å². The molecule has 276 valence electrons. The van der Waals surface area contributed by atoms with Gasteiger partial charge in [-0.2, -0.15) is 0 Å². The number of benzene rings is 2. The monoisotopic (exact) mass is 711 g/mol. The van der Waals surface area contributed by atoms with Gasteiger partial charge >= 0.3 is 6.09 Å². The van der Waals surface area contributed by atoms with Crippen molar-refractivity contribution in [2.24, 2.45) is 11.8 Å². The quantitative estimate of drug-likeness (QED) is 0.221. The molecule has 0 aliphatic carbocycles. The van der Waals surface area contributed by atoms with Gasteiger partial charge in [-0.15, -0.1) is 0 Å². The molecule has 2 bridgehead atoms. The predicted molar refractivity (Wildman–Crippen MR) is 196 cm³/mol. The molecule has 2 aromatic heterocycles. The number of methoxy groups -OCH3 is 1. The Balaban J connectivity index is 1.19. The Morgan fingerprint density at radius 2 is 1.67 bits per heavy atom. The number of aromatic amines is 2. The molecule has 2 aliphatic heterocycles. The Labute approximate surface area is 304 Å². The number of hydrogen-bond acceptors (Lipinski definition) is 8. The second-order valence-electron chi connectivity index (χ2n) is 13.9. The summed E-state index contributed by atoms with van der Waals surface area (Å²) in [5.74, 6) is 2.28. The Bertz CT molecular complexity index is 1850. The topological polar surface area (TPSA) is 155 Å². The van der Waals surface area contributed by atoms with Gasteiger partial charge in [0, 0.05) is 49.6 Å². The Morgan fingerprint density at radius 3 is 2.44 bits per heavy atom. The van der Waals surface area contributed by atoms with Gasteiger partial charge in [-0.3, -0.25) is 9.59 Å². The highest BCUT2D eigenvalue weighted by molar-refractivity contribution is 5.85. The standard InChI is InChI=1S/C39H49N7O6/c1-24(2)25(3)37(47)46-16-8-9-33(46)36-41-20-30(43-36)27-12-10-26(11-13-27)28-14-15-29-31-21-40-35(42-31)22-45(4)38(48)32(44-39(49)50-5)23-51-17-6-7-18-52-34(29)19-28/h10-15,19-21,24-25,32-33H,6-9,16-18,22-23H2,1-5H3,(H,40,42)(H,41,43)(H,44,49)/t25-,32-,33-/m0/s1. The summed E-state index contributed by atoms with van der Waals surface area (Å²) >= 11 is 0. The predicted octanol–water partition coefficient (Wildman–Crippen LogP) is 5.96. The van der Waals surface area contributed by atoms with Crippen molar-refractivity contribution in [2.75, 3.05) is 40.5 Å². The molecule has 13 nitrogen and oxygen atoms in total. The molecule has 4 heterocycles. The number of alkyl carbamates (subject to hydrolysis) is 1. The van der Waals surface area contributed by atoms with Crippen molar-refractivity contribution >= 4 is 17.9 Å². The lowest BCUT2D eigenvalue weighted by Gasteiger charge is -2.27. The van der Waals surface area contributed by atoms with Crippen molar-refractivity contribution in [3.8, 4) is 39.4 Å². The van der Waals surface area contributed by atoms with E-state index in [1.54, 1.807) is 13.2 Å². The molecule has 2 aliphatic rings. The van der Waals surface area contributed by atoms with E-state index in [0.717, 1.165) is 59.6 Å². The lowest BCUT2D eigenvalue weighted by molar-refractivity contribution is -0.137. The number of carbonyl (C=O) groups is 3. The van der Waals surface area contributed by atoms with Gasteiger partial charge in [-0.05, 0) is 54.9 Å². The van der Waals surface area contributed by atoms with Crippen molar-refractivity contribution < 1.29 is 28.6 Å². The van der Waals surface area contributed by atoms with Crippen molar-refractivity contribution in [3.63, 3.8) is 0 Å². The zero-order valence-electron chi connectivity index (χ0n) is 30.6. The van der Waals surface area contributed by atoms with Gasteiger partial charge in [0.1, 0.15) is 23.4 Å². The van der Waals surface area contributed by atoms with Crippen LogP contribution in [0.25, 0.3) is 33.6 Å². The number of nitrogens with zero attached hydrogens (tertiary/aromatic N) is 4. The van der Waals surface area contributed by atoms with E-state index >= 15 is 0 Å². The Morgan fingerprint density at radius 1 is 0.942 bits per heavy atom. The number of carbonyl (C=O) groups excluding carboxylic acids is 3. The molecule has 1 fully saturated rings. The second-order valence-corrected chi connectivity index (χ2v) is 13.9. The van der Waals surface area contributed by atoms with Gasteiger partial charge in [0.25, 0.3) is 0 Å². The van der Waals surface area contributed by atoms with Crippen LogP contribution in [0.1, 0.15) is 64.1 Å². The number of likely N-dealkylation sites (tertiary alicyclic amines) is 1. The smallest absolute Gasteiger partial charge is 0.407 e. The number of fused-ring (bicyclic) bond motifs is 4. The molecular formula is C39H49N7O6. The molecular weight excluding hydrogens is 662 g/mol. The number of nitrogens with one attached hydrogen (secondary N) is 3. The zero-order valence-corrected chi connectivity index (χ0v) is 30.6. The third kappa shape index (κ3) is 8.31. The van der Waals surface area contributed by atoms with Crippen molar-refractivity contribution in [2.45, 2.75) is 65.1 Å². The summed E-state index contributed by atoms with van der Waals surface area (Å²) in [6, 6.07) is 13.5. The first-order valence-corrected chi connectivity index (χ1v) is 18.1. The summed E-state index contributed by atoms with van der Waals surface area (Å²) < 4.78 is 16.8. The SMILES string of the molecule is COC(=O)N[C@H]1COCCCCOc2cc(-c3ccc(-c4c[nH]c([C@@H]5CCCN5C(=O)[C@@H](C)C(C)C)n4)cc3)ccc2-c2c[nH]c(n2)CN(C)C1=O. The maximum absolute atomic E-state index is 13.2. The van der Waals surface area contributed by atoms with E-state index in [0.29, 0.717) is 42.8 Å². The van der Waals surface area contributed by atoms with Crippen LogP contribution in [0, 0.1) is 11.8 Å².